The highest BCUT2D eigenvalue weighted by molar-refractivity contribution is 7.11. The number of hydrogen-bond donors (Lipinski definition) is 0. The van der Waals surface area contributed by atoms with Crippen molar-refractivity contribution >= 4 is 17.2 Å². The van der Waals surface area contributed by atoms with E-state index >= 15 is 0 Å². The summed E-state index contributed by atoms with van der Waals surface area (Å²) in [6.45, 7) is 8.12. The number of rotatable bonds is 4. The first-order valence-corrected chi connectivity index (χ1v) is 9.28. The van der Waals surface area contributed by atoms with E-state index in [0.717, 1.165) is 23.4 Å². The number of thiazole rings is 1. The van der Waals surface area contributed by atoms with Crippen LogP contribution in [0.3, 0.4) is 0 Å². The van der Waals surface area contributed by atoms with Crippen molar-refractivity contribution in [1.82, 2.24) is 20.1 Å². The van der Waals surface area contributed by atoms with Gasteiger partial charge in [0.1, 0.15) is 4.88 Å². The minimum absolute atomic E-state index is 0.00255. The van der Waals surface area contributed by atoms with Gasteiger partial charge in [0.25, 0.3) is 5.91 Å². The molecule has 2 aromatic heterocycles. The molecule has 0 bridgehead atoms. The molecular weight excluding hydrogens is 324 g/mol. The summed E-state index contributed by atoms with van der Waals surface area (Å²) in [5.41, 5.74) is 2.41. The van der Waals surface area contributed by atoms with Crippen molar-refractivity contribution in [3.05, 3.63) is 27.9 Å². The molecule has 1 amide bonds. The highest BCUT2D eigenvalue weighted by atomic mass is 32.1. The standard InChI is InChI=1S/C17H24N4O2S/c1-11-19-20-13(23-11)9-21(17(2,3)4)16(22)15-14(18-10-24-15)12-7-5-6-8-12/h10,12H,5-9H2,1-4H3. The van der Waals surface area contributed by atoms with E-state index in [1.165, 1.54) is 24.2 Å². The first-order chi connectivity index (χ1) is 11.4. The second-order valence-corrected chi connectivity index (χ2v) is 8.18. The molecule has 0 aliphatic heterocycles. The Morgan fingerprint density at radius 3 is 2.62 bits per heavy atom. The lowest BCUT2D eigenvalue weighted by Crippen LogP contribution is -2.45. The molecule has 0 radical (unpaired) electrons. The lowest BCUT2D eigenvalue weighted by atomic mass is 10.0. The molecule has 0 N–H and O–H groups in total. The number of carbonyl (C=O) groups is 1. The molecule has 1 aliphatic rings. The largest absolute Gasteiger partial charge is 0.424 e. The summed E-state index contributed by atoms with van der Waals surface area (Å²) in [4.78, 5) is 20.3. The quantitative estimate of drug-likeness (QED) is 0.837. The summed E-state index contributed by atoms with van der Waals surface area (Å²) in [5.74, 6) is 1.39. The molecule has 1 aliphatic carbocycles. The summed E-state index contributed by atoms with van der Waals surface area (Å²) >= 11 is 1.44. The number of hydrogen-bond acceptors (Lipinski definition) is 6. The number of nitrogens with zero attached hydrogens (tertiary/aromatic N) is 4. The van der Waals surface area contributed by atoms with Crippen molar-refractivity contribution < 1.29 is 9.21 Å². The molecule has 0 spiro atoms. The maximum atomic E-state index is 13.2. The molecule has 130 valence electrons. The van der Waals surface area contributed by atoms with Gasteiger partial charge < -0.3 is 9.32 Å². The molecule has 2 heterocycles. The number of aryl methyl sites for hydroxylation is 1. The van der Waals surface area contributed by atoms with E-state index in [2.05, 4.69) is 15.2 Å². The zero-order chi connectivity index (χ0) is 17.3. The minimum Gasteiger partial charge on any atom is -0.424 e. The summed E-state index contributed by atoms with van der Waals surface area (Å²) in [7, 11) is 0. The third-order valence-electron chi connectivity index (χ3n) is 4.45. The molecule has 1 saturated carbocycles. The summed E-state index contributed by atoms with van der Waals surface area (Å²) in [6.07, 6.45) is 4.70. The molecular formula is C17H24N4O2S. The molecule has 2 aromatic rings. The average molecular weight is 348 g/mol. The van der Waals surface area contributed by atoms with Crippen molar-refractivity contribution in [2.45, 2.75) is 71.4 Å². The summed E-state index contributed by atoms with van der Waals surface area (Å²) < 4.78 is 5.48. The van der Waals surface area contributed by atoms with Crippen molar-refractivity contribution in [3.8, 4) is 0 Å². The fourth-order valence-corrected chi connectivity index (χ4v) is 4.00. The first kappa shape index (κ1) is 17.1. The molecule has 0 unspecified atom stereocenters. The Morgan fingerprint density at radius 2 is 2.04 bits per heavy atom. The van der Waals surface area contributed by atoms with Crippen molar-refractivity contribution in [1.29, 1.82) is 0 Å². The van der Waals surface area contributed by atoms with Gasteiger partial charge in [-0.3, -0.25) is 4.79 Å². The van der Waals surface area contributed by atoms with Crippen molar-refractivity contribution in [2.24, 2.45) is 0 Å². The van der Waals surface area contributed by atoms with E-state index in [4.69, 9.17) is 4.42 Å². The van der Waals surface area contributed by atoms with E-state index in [-0.39, 0.29) is 11.4 Å². The Morgan fingerprint density at radius 1 is 1.33 bits per heavy atom. The van der Waals surface area contributed by atoms with Crippen molar-refractivity contribution in [2.75, 3.05) is 0 Å². The Labute approximate surface area is 146 Å². The van der Waals surface area contributed by atoms with Gasteiger partial charge in [-0.15, -0.1) is 21.5 Å². The topological polar surface area (TPSA) is 72.1 Å². The molecule has 0 aromatic carbocycles. The molecule has 0 saturated heterocycles. The second kappa shape index (κ2) is 6.63. The van der Waals surface area contributed by atoms with Gasteiger partial charge in [0.2, 0.25) is 11.8 Å². The van der Waals surface area contributed by atoms with Crippen LogP contribution in [0.25, 0.3) is 0 Å². The van der Waals surface area contributed by atoms with Gasteiger partial charge in [-0.25, -0.2) is 4.98 Å². The highest BCUT2D eigenvalue weighted by Crippen LogP contribution is 2.37. The normalized spacial score (nSPS) is 15.8. The zero-order valence-electron chi connectivity index (χ0n) is 14.7. The van der Waals surface area contributed by atoms with Crippen LogP contribution >= 0.6 is 11.3 Å². The molecule has 3 rings (SSSR count). The predicted octanol–water partition coefficient (Wildman–Crippen LogP) is 3.93. The smallest absolute Gasteiger partial charge is 0.266 e. The maximum absolute atomic E-state index is 13.2. The number of aromatic nitrogens is 3. The van der Waals surface area contributed by atoms with Crippen LogP contribution in [-0.4, -0.2) is 31.5 Å². The van der Waals surface area contributed by atoms with Crippen LogP contribution in [0.1, 0.15) is 79.5 Å². The number of amides is 1. The van der Waals surface area contributed by atoms with Crippen LogP contribution in [0.2, 0.25) is 0 Å². The second-order valence-electron chi connectivity index (χ2n) is 7.33. The summed E-state index contributed by atoms with van der Waals surface area (Å²) in [6, 6.07) is 0. The minimum atomic E-state index is -0.351. The lowest BCUT2D eigenvalue weighted by Gasteiger charge is -2.34. The zero-order valence-corrected chi connectivity index (χ0v) is 15.5. The maximum Gasteiger partial charge on any atom is 0.266 e. The van der Waals surface area contributed by atoms with Gasteiger partial charge in [0.15, 0.2) is 0 Å². The highest BCUT2D eigenvalue weighted by Gasteiger charge is 2.33. The van der Waals surface area contributed by atoms with Crippen LogP contribution in [-0.2, 0) is 6.54 Å². The monoisotopic (exact) mass is 348 g/mol. The van der Waals surface area contributed by atoms with E-state index in [0.29, 0.717) is 24.2 Å². The third kappa shape index (κ3) is 3.50. The molecule has 1 fully saturated rings. The van der Waals surface area contributed by atoms with Crippen LogP contribution in [0.4, 0.5) is 0 Å². The average Bonchev–Trinajstić information content (AvgIpc) is 3.23. The van der Waals surface area contributed by atoms with Gasteiger partial charge in [-0.1, -0.05) is 12.8 Å². The first-order valence-electron chi connectivity index (χ1n) is 8.40. The Bertz CT molecular complexity index is 710. The van der Waals surface area contributed by atoms with Gasteiger partial charge >= 0.3 is 0 Å². The van der Waals surface area contributed by atoms with Gasteiger partial charge in [0.05, 0.1) is 17.7 Å². The fourth-order valence-electron chi connectivity index (χ4n) is 3.18. The fraction of sp³-hybridized carbons (Fsp3) is 0.647. The van der Waals surface area contributed by atoms with Gasteiger partial charge in [-0.2, -0.15) is 0 Å². The lowest BCUT2D eigenvalue weighted by molar-refractivity contribution is 0.0535. The van der Waals surface area contributed by atoms with E-state index in [1.54, 1.807) is 17.3 Å². The SMILES string of the molecule is Cc1nnc(CN(C(=O)c2scnc2C2CCCC2)C(C)(C)C)o1. The van der Waals surface area contributed by atoms with E-state index in [9.17, 15) is 4.79 Å². The van der Waals surface area contributed by atoms with E-state index < -0.39 is 0 Å². The number of carbonyl (C=O) groups excluding carboxylic acids is 1. The van der Waals surface area contributed by atoms with Gasteiger partial charge in [0, 0.05) is 18.4 Å². The molecule has 0 atom stereocenters. The Kier molecular flexibility index (Phi) is 4.71. The molecule has 7 heteroatoms. The van der Waals surface area contributed by atoms with Crippen molar-refractivity contribution in [3.63, 3.8) is 0 Å². The Balaban J connectivity index is 1.88. The van der Waals surface area contributed by atoms with Crippen LogP contribution in [0, 0.1) is 6.92 Å². The predicted molar refractivity (Wildman–Crippen MR) is 92.0 cm³/mol. The van der Waals surface area contributed by atoms with Crippen LogP contribution in [0.15, 0.2) is 9.93 Å². The molecule has 6 nitrogen and oxygen atoms in total. The van der Waals surface area contributed by atoms with Crippen LogP contribution in [0.5, 0.6) is 0 Å². The third-order valence-corrected chi connectivity index (χ3v) is 5.28. The summed E-state index contributed by atoms with van der Waals surface area (Å²) in [5, 5.41) is 7.90. The molecule has 24 heavy (non-hydrogen) atoms. The van der Waals surface area contributed by atoms with E-state index in [1.807, 2.05) is 20.8 Å². The van der Waals surface area contributed by atoms with Gasteiger partial charge in [-0.05, 0) is 33.6 Å². The Hall–Kier alpha value is -1.76. The van der Waals surface area contributed by atoms with Crippen LogP contribution < -0.4 is 0 Å².